The lowest BCUT2D eigenvalue weighted by molar-refractivity contribution is -0.165. The summed E-state index contributed by atoms with van der Waals surface area (Å²) in [5, 5.41) is 8.74. The monoisotopic (exact) mass is 361 g/mol. The average Bonchev–Trinajstić information content (AvgIpc) is 2.24. The van der Waals surface area contributed by atoms with Crippen molar-refractivity contribution in [1.29, 1.82) is 5.26 Å². The summed E-state index contributed by atoms with van der Waals surface area (Å²) in [6.07, 6.45) is -4.64. The van der Waals surface area contributed by atoms with Gasteiger partial charge in [0.1, 0.15) is 12.4 Å². The molecule has 0 amide bonds. The molecule has 0 aromatic heterocycles. The highest BCUT2D eigenvalue weighted by molar-refractivity contribution is 9.10. The summed E-state index contributed by atoms with van der Waals surface area (Å²) >= 11 is 14.6. The Kier molecular flexibility index (Phi) is 5.14. The second-order valence-electron chi connectivity index (χ2n) is 3.23. The summed E-state index contributed by atoms with van der Waals surface area (Å²) in [5.74, 6) is -2.22. The minimum atomic E-state index is -4.64. The molecular formula is C10H5BrCl2F3NO. The molecule has 0 spiro atoms. The Bertz CT molecular complexity index is 487. The molecule has 0 aliphatic carbocycles. The Balaban J connectivity index is 2.81. The molecule has 0 saturated carbocycles. The molecule has 0 radical (unpaired) electrons. The van der Waals surface area contributed by atoms with Crippen LogP contribution in [0.25, 0.3) is 0 Å². The van der Waals surface area contributed by atoms with Crippen LogP contribution >= 0.6 is 39.1 Å². The van der Waals surface area contributed by atoms with Crippen LogP contribution in [0.5, 0.6) is 5.75 Å². The maximum atomic E-state index is 12.3. The van der Waals surface area contributed by atoms with Crippen LogP contribution in [0, 0.1) is 17.2 Å². The van der Waals surface area contributed by atoms with Crippen molar-refractivity contribution < 1.29 is 17.9 Å². The van der Waals surface area contributed by atoms with Crippen molar-refractivity contribution in [2.45, 2.75) is 6.18 Å². The molecule has 1 rings (SSSR count). The predicted octanol–water partition coefficient (Wildman–Crippen LogP) is 4.84. The zero-order valence-electron chi connectivity index (χ0n) is 8.56. The number of hydrogen-bond donors (Lipinski definition) is 0. The van der Waals surface area contributed by atoms with Crippen LogP contribution in [0.15, 0.2) is 16.6 Å². The molecule has 8 heteroatoms. The number of ether oxygens (including phenoxy) is 1. The molecule has 1 aromatic carbocycles. The van der Waals surface area contributed by atoms with Crippen molar-refractivity contribution in [2.24, 2.45) is 5.92 Å². The lowest BCUT2D eigenvalue weighted by Gasteiger charge is -2.15. The fraction of sp³-hybridized carbons (Fsp3) is 0.300. The van der Waals surface area contributed by atoms with Gasteiger partial charge in [0.05, 0.1) is 16.1 Å². The van der Waals surface area contributed by atoms with Crippen LogP contribution in [-0.4, -0.2) is 12.8 Å². The van der Waals surface area contributed by atoms with Crippen LogP contribution in [0.1, 0.15) is 0 Å². The van der Waals surface area contributed by atoms with Gasteiger partial charge in [-0.2, -0.15) is 18.4 Å². The van der Waals surface area contributed by atoms with Gasteiger partial charge >= 0.3 is 6.18 Å². The third-order valence-electron chi connectivity index (χ3n) is 1.93. The van der Waals surface area contributed by atoms with Gasteiger partial charge in [0.25, 0.3) is 0 Å². The maximum absolute atomic E-state index is 12.3. The highest BCUT2D eigenvalue weighted by Crippen LogP contribution is 2.35. The normalized spacial score (nSPS) is 12.9. The zero-order chi connectivity index (χ0) is 13.9. The molecular weight excluding hydrogens is 358 g/mol. The lowest BCUT2D eigenvalue weighted by Crippen LogP contribution is -2.27. The van der Waals surface area contributed by atoms with Gasteiger partial charge in [-0.3, -0.25) is 0 Å². The Morgan fingerprint density at radius 3 is 2.44 bits per heavy atom. The first-order chi connectivity index (χ1) is 8.25. The van der Waals surface area contributed by atoms with E-state index in [-0.39, 0.29) is 15.8 Å². The van der Waals surface area contributed by atoms with Gasteiger partial charge in [-0.1, -0.05) is 23.2 Å². The highest BCUT2D eigenvalue weighted by Gasteiger charge is 2.40. The number of alkyl halides is 3. The van der Waals surface area contributed by atoms with E-state index >= 15 is 0 Å². The molecule has 18 heavy (non-hydrogen) atoms. The van der Waals surface area contributed by atoms with E-state index in [4.69, 9.17) is 33.2 Å². The zero-order valence-corrected chi connectivity index (χ0v) is 11.7. The Hall–Kier alpha value is -0.640. The van der Waals surface area contributed by atoms with Gasteiger partial charge in [0.2, 0.25) is 0 Å². The summed E-state index contributed by atoms with van der Waals surface area (Å²) < 4.78 is 42.3. The first kappa shape index (κ1) is 15.4. The van der Waals surface area contributed by atoms with Crippen LogP contribution < -0.4 is 4.74 Å². The molecule has 2 nitrogen and oxygen atoms in total. The quantitative estimate of drug-likeness (QED) is 0.721. The van der Waals surface area contributed by atoms with E-state index in [1.54, 1.807) is 0 Å². The van der Waals surface area contributed by atoms with E-state index in [2.05, 4.69) is 15.9 Å². The molecule has 0 heterocycles. The summed E-state index contributed by atoms with van der Waals surface area (Å²) in [6, 6.07) is 3.80. The minimum absolute atomic E-state index is 0.00522. The molecule has 98 valence electrons. The van der Waals surface area contributed by atoms with Gasteiger partial charge in [-0.15, -0.1) is 0 Å². The van der Waals surface area contributed by atoms with Crippen molar-refractivity contribution in [3.05, 3.63) is 26.7 Å². The van der Waals surface area contributed by atoms with Gasteiger partial charge in [0, 0.05) is 10.5 Å². The second-order valence-corrected chi connectivity index (χ2v) is 4.90. The van der Waals surface area contributed by atoms with E-state index in [0.29, 0.717) is 4.47 Å². The summed E-state index contributed by atoms with van der Waals surface area (Å²) in [6.45, 7) is -0.836. The first-order valence-electron chi connectivity index (χ1n) is 4.49. The van der Waals surface area contributed by atoms with Crippen molar-refractivity contribution in [2.75, 3.05) is 6.61 Å². The number of nitrogens with zero attached hydrogens (tertiary/aromatic N) is 1. The molecule has 0 N–H and O–H groups in total. The molecule has 1 unspecified atom stereocenters. The van der Waals surface area contributed by atoms with E-state index in [9.17, 15) is 13.2 Å². The summed E-state index contributed by atoms with van der Waals surface area (Å²) in [4.78, 5) is 0. The topological polar surface area (TPSA) is 33.0 Å². The Morgan fingerprint density at radius 1 is 1.33 bits per heavy atom. The molecule has 0 aliphatic rings. The van der Waals surface area contributed by atoms with Gasteiger partial charge < -0.3 is 4.74 Å². The third kappa shape index (κ3) is 3.94. The van der Waals surface area contributed by atoms with Gasteiger partial charge in [-0.25, -0.2) is 0 Å². The number of halogens is 6. The molecule has 0 fully saturated rings. The standard InChI is InChI=1S/C10H5BrCl2F3NO/c11-6-1-8(13)9(2-7(6)12)18-4-5(3-17)10(14,15)16/h1-2,5H,4H2. The van der Waals surface area contributed by atoms with Crippen molar-refractivity contribution in [3.8, 4) is 11.8 Å². The summed E-state index contributed by atoms with van der Waals surface area (Å²) in [7, 11) is 0. The van der Waals surface area contributed by atoms with Crippen molar-refractivity contribution in [1.82, 2.24) is 0 Å². The summed E-state index contributed by atoms with van der Waals surface area (Å²) in [5.41, 5.74) is 0. The average molecular weight is 363 g/mol. The third-order valence-corrected chi connectivity index (χ3v) is 3.42. The van der Waals surface area contributed by atoms with Crippen LogP contribution in [-0.2, 0) is 0 Å². The van der Waals surface area contributed by atoms with E-state index < -0.39 is 18.7 Å². The lowest BCUT2D eigenvalue weighted by atomic mass is 10.2. The fourth-order valence-electron chi connectivity index (χ4n) is 0.993. The number of rotatable bonds is 3. The maximum Gasteiger partial charge on any atom is 0.407 e. The van der Waals surface area contributed by atoms with E-state index in [0.717, 1.165) is 6.07 Å². The first-order valence-corrected chi connectivity index (χ1v) is 6.04. The Labute approximate surface area is 119 Å². The number of benzene rings is 1. The largest absolute Gasteiger partial charge is 0.490 e. The molecule has 0 saturated heterocycles. The van der Waals surface area contributed by atoms with Crippen LogP contribution in [0.2, 0.25) is 10.0 Å². The molecule has 1 atom stereocenters. The molecule has 1 aromatic rings. The van der Waals surface area contributed by atoms with Crippen molar-refractivity contribution >= 4 is 39.1 Å². The van der Waals surface area contributed by atoms with E-state index in [1.807, 2.05) is 0 Å². The smallest absolute Gasteiger partial charge is 0.407 e. The van der Waals surface area contributed by atoms with Crippen LogP contribution in [0.3, 0.4) is 0 Å². The molecule has 0 bridgehead atoms. The SMILES string of the molecule is N#CC(COc1cc(Cl)c(Br)cc1Cl)C(F)(F)F. The van der Waals surface area contributed by atoms with Gasteiger partial charge in [-0.05, 0) is 22.0 Å². The van der Waals surface area contributed by atoms with Crippen molar-refractivity contribution in [3.63, 3.8) is 0 Å². The van der Waals surface area contributed by atoms with Gasteiger partial charge in [0.15, 0.2) is 5.92 Å². The second kappa shape index (κ2) is 6.00. The fourth-order valence-corrected chi connectivity index (χ4v) is 1.84. The predicted molar refractivity (Wildman–Crippen MR) is 64.8 cm³/mol. The molecule has 0 aliphatic heterocycles. The number of nitriles is 1. The minimum Gasteiger partial charge on any atom is -0.490 e. The number of hydrogen-bond acceptors (Lipinski definition) is 2. The highest BCUT2D eigenvalue weighted by atomic mass is 79.9. The van der Waals surface area contributed by atoms with E-state index in [1.165, 1.54) is 12.1 Å². The van der Waals surface area contributed by atoms with Crippen LogP contribution in [0.4, 0.5) is 13.2 Å². The Morgan fingerprint density at radius 2 is 1.94 bits per heavy atom.